The van der Waals surface area contributed by atoms with Crippen LogP contribution >= 0.6 is 24.0 Å². The van der Waals surface area contributed by atoms with Crippen LogP contribution in [0.2, 0.25) is 5.02 Å². The highest BCUT2D eigenvalue weighted by atomic mass is 35.5. The second-order valence-corrected chi connectivity index (χ2v) is 4.25. The molecule has 0 aliphatic heterocycles. The third-order valence-electron chi connectivity index (χ3n) is 2.17. The van der Waals surface area contributed by atoms with Crippen molar-refractivity contribution in [3.8, 4) is 0 Å². The molecule has 0 spiro atoms. The number of carbonyl (C=O) groups excluding carboxylic acids is 2. The van der Waals surface area contributed by atoms with E-state index in [1.165, 1.54) is 6.92 Å². The molecular formula is C12H17Cl2N3O2. The first-order valence-corrected chi connectivity index (χ1v) is 5.98. The SMILES string of the molecule is CC(=O)Nc1ccc(Cl)cc1NC(=O)CCCN.Cl. The topological polar surface area (TPSA) is 84.2 Å². The van der Waals surface area contributed by atoms with Crippen LogP contribution in [0.1, 0.15) is 19.8 Å². The highest BCUT2D eigenvalue weighted by Gasteiger charge is 2.08. The van der Waals surface area contributed by atoms with Gasteiger partial charge in [-0.05, 0) is 31.2 Å². The molecule has 0 aliphatic carbocycles. The molecule has 0 aliphatic rings. The summed E-state index contributed by atoms with van der Waals surface area (Å²) in [4.78, 5) is 22.6. The van der Waals surface area contributed by atoms with Gasteiger partial charge in [-0.1, -0.05) is 11.6 Å². The maximum absolute atomic E-state index is 11.6. The van der Waals surface area contributed by atoms with E-state index in [1.807, 2.05) is 0 Å². The number of nitrogens with two attached hydrogens (primary N) is 1. The van der Waals surface area contributed by atoms with Crippen molar-refractivity contribution in [1.82, 2.24) is 0 Å². The number of benzene rings is 1. The van der Waals surface area contributed by atoms with E-state index in [0.717, 1.165) is 0 Å². The standard InChI is InChI=1S/C12H16ClN3O2.ClH/c1-8(17)15-10-5-4-9(13)7-11(10)16-12(18)3-2-6-14;/h4-5,7H,2-3,6,14H2,1H3,(H,15,17)(H,16,18);1H. The first-order chi connectivity index (χ1) is 8.52. The third kappa shape index (κ3) is 6.42. The van der Waals surface area contributed by atoms with Gasteiger partial charge in [-0.25, -0.2) is 0 Å². The molecule has 1 aromatic rings. The Labute approximate surface area is 123 Å². The molecule has 19 heavy (non-hydrogen) atoms. The summed E-state index contributed by atoms with van der Waals surface area (Å²) < 4.78 is 0. The minimum atomic E-state index is -0.213. The molecule has 7 heteroatoms. The highest BCUT2D eigenvalue weighted by molar-refractivity contribution is 6.31. The molecule has 1 rings (SSSR count). The Kier molecular flexibility index (Phi) is 8.14. The van der Waals surface area contributed by atoms with E-state index >= 15 is 0 Å². The van der Waals surface area contributed by atoms with Crippen molar-refractivity contribution >= 4 is 47.2 Å². The number of rotatable bonds is 5. The lowest BCUT2D eigenvalue weighted by Crippen LogP contribution is -2.16. The average Bonchev–Trinajstić information content (AvgIpc) is 2.29. The lowest BCUT2D eigenvalue weighted by molar-refractivity contribution is -0.116. The minimum absolute atomic E-state index is 0. The molecule has 0 bridgehead atoms. The van der Waals surface area contributed by atoms with Crippen molar-refractivity contribution in [3.63, 3.8) is 0 Å². The zero-order chi connectivity index (χ0) is 13.5. The first kappa shape index (κ1) is 17.7. The number of amides is 2. The number of hydrogen-bond donors (Lipinski definition) is 3. The van der Waals surface area contributed by atoms with Gasteiger partial charge in [0.2, 0.25) is 11.8 Å². The predicted octanol–water partition coefficient (Wildman–Crippen LogP) is 2.40. The van der Waals surface area contributed by atoms with E-state index in [4.69, 9.17) is 17.3 Å². The van der Waals surface area contributed by atoms with Gasteiger partial charge in [0.1, 0.15) is 0 Å². The van der Waals surface area contributed by atoms with Gasteiger partial charge in [0.05, 0.1) is 11.4 Å². The molecule has 4 N–H and O–H groups in total. The summed E-state index contributed by atoms with van der Waals surface area (Å²) in [7, 11) is 0. The Morgan fingerprint density at radius 3 is 2.53 bits per heavy atom. The zero-order valence-corrected chi connectivity index (χ0v) is 12.1. The number of carbonyl (C=O) groups is 2. The molecule has 0 radical (unpaired) electrons. The van der Waals surface area contributed by atoms with E-state index < -0.39 is 0 Å². The van der Waals surface area contributed by atoms with Crippen molar-refractivity contribution in [1.29, 1.82) is 0 Å². The van der Waals surface area contributed by atoms with Gasteiger partial charge < -0.3 is 16.4 Å². The Hall–Kier alpha value is -1.30. The second-order valence-electron chi connectivity index (χ2n) is 3.81. The smallest absolute Gasteiger partial charge is 0.224 e. The maximum Gasteiger partial charge on any atom is 0.224 e. The fraction of sp³-hybridized carbons (Fsp3) is 0.333. The summed E-state index contributed by atoms with van der Waals surface area (Å²) in [6.07, 6.45) is 0.949. The van der Waals surface area contributed by atoms with E-state index in [0.29, 0.717) is 35.8 Å². The number of hydrogen-bond acceptors (Lipinski definition) is 3. The lowest BCUT2D eigenvalue weighted by Gasteiger charge is -2.11. The molecular weight excluding hydrogens is 289 g/mol. The van der Waals surface area contributed by atoms with Crippen LogP contribution in [0.25, 0.3) is 0 Å². The molecule has 0 heterocycles. The van der Waals surface area contributed by atoms with E-state index in [9.17, 15) is 9.59 Å². The Balaban J connectivity index is 0.00000324. The first-order valence-electron chi connectivity index (χ1n) is 5.60. The van der Waals surface area contributed by atoms with Crippen LogP contribution in [0.5, 0.6) is 0 Å². The zero-order valence-electron chi connectivity index (χ0n) is 10.5. The van der Waals surface area contributed by atoms with Crippen LogP contribution in [0.15, 0.2) is 18.2 Å². The van der Waals surface area contributed by atoms with Crippen molar-refractivity contribution in [3.05, 3.63) is 23.2 Å². The summed E-state index contributed by atoms with van der Waals surface area (Å²) in [5, 5.41) is 5.81. The quantitative estimate of drug-likeness (QED) is 0.781. The number of anilines is 2. The summed E-state index contributed by atoms with van der Waals surface area (Å²) in [5.74, 6) is -0.371. The van der Waals surface area contributed by atoms with Crippen molar-refractivity contribution in [2.45, 2.75) is 19.8 Å². The third-order valence-corrected chi connectivity index (χ3v) is 2.41. The van der Waals surface area contributed by atoms with Crippen molar-refractivity contribution in [2.75, 3.05) is 17.2 Å². The second kappa shape index (κ2) is 8.74. The predicted molar refractivity (Wildman–Crippen MR) is 79.9 cm³/mol. The van der Waals surface area contributed by atoms with Gasteiger partial charge in [0, 0.05) is 18.4 Å². The van der Waals surface area contributed by atoms with E-state index in [2.05, 4.69) is 10.6 Å². The van der Waals surface area contributed by atoms with Crippen molar-refractivity contribution in [2.24, 2.45) is 5.73 Å². The maximum atomic E-state index is 11.6. The number of nitrogens with one attached hydrogen (secondary N) is 2. The largest absolute Gasteiger partial charge is 0.330 e. The van der Waals surface area contributed by atoms with Gasteiger partial charge >= 0.3 is 0 Å². The fourth-order valence-electron chi connectivity index (χ4n) is 1.39. The summed E-state index contributed by atoms with van der Waals surface area (Å²) >= 11 is 5.86. The molecule has 106 valence electrons. The van der Waals surface area contributed by atoms with Crippen LogP contribution in [0.3, 0.4) is 0 Å². The molecule has 0 saturated carbocycles. The van der Waals surface area contributed by atoms with Crippen LogP contribution in [0.4, 0.5) is 11.4 Å². The van der Waals surface area contributed by atoms with Gasteiger partial charge in [-0.3, -0.25) is 9.59 Å². The fourth-order valence-corrected chi connectivity index (χ4v) is 1.57. The van der Waals surface area contributed by atoms with Crippen molar-refractivity contribution < 1.29 is 9.59 Å². The highest BCUT2D eigenvalue weighted by Crippen LogP contribution is 2.26. The lowest BCUT2D eigenvalue weighted by atomic mass is 10.2. The molecule has 0 aromatic heterocycles. The normalized spacial score (nSPS) is 9.42. The van der Waals surface area contributed by atoms with E-state index in [-0.39, 0.29) is 24.2 Å². The Morgan fingerprint density at radius 1 is 1.26 bits per heavy atom. The molecule has 0 saturated heterocycles. The minimum Gasteiger partial charge on any atom is -0.330 e. The molecule has 2 amide bonds. The van der Waals surface area contributed by atoms with Gasteiger partial charge in [0.25, 0.3) is 0 Å². The van der Waals surface area contributed by atoms with Gasteiger partial charge in [0.15, 0.2) is 0 Å². The summed E-state index contributed by atoms with van der Waals surface area (Å²) in [6.45, 7) is 1.86. The Morgan fingerprint density at radius 2 is 1.95 bits per heavy atom. The molecule has 5 nitrogen and oxygen atoms in total. The van der Waals surface area contributed by atoms with Crippen LogP contribution in [0, 0.1) is 0 Å². The van der Waals surface area contributed by atoms with Crippen LogP contribution in [-0.2, 0) is 9.59 Å². The molecule has 0 atom stereocenters. The molecule has 1 aromatic carbocycles. The van der Waals surface area contributed by atoms with E-state index in [1.54, 1.807) is 18.2 Å². The monoisotopic (exact) mass is 305 g/mol. The average molecular weight is 306 g/mol. The number of halogens is 2. The molecule has 0 fully saturated rings. The van der Waals surface area contributed by atoms with Crippen LogP contribution < -0.4 is 16.4 Å². The summed E-state index contributed by atoms with van der Waals surface area (Å²) in [5.41, 5.74) is 6.34. The van der Waals surface area contributed by atoms with Gasteiger partial charge in [-0.2, -0.15) is 0 Å². The molecule has 0 unspecified atom stereocenters. The Bertz CT molecular complexity index is 453. The van der Waals surface area contributed by atoms with Gasteiger partial charge in [-0.15, -0.1) is 12.4 Å². The van der Waals surface area contributed by atoms with Crippen LogP contribution in [-0.4, -0.2) is 18.4 Å². The summed E-state index contributed by atoms with van der Waals surface area (Å²) in [6, 6.07) is 4.87.